The second kappa shape index (κ2) is 1.51. The lowest BCUT2D eigenvalue weighted by Crippen LogP contribution is -2.51. The van der Waals surface area contributed by atoms with Crippen LogP contribution in [0.1, 0.15) is 6.92 Å². The first-order valence-corrected chi connectivity index (χ1v) is 2.92. The summed E-state index contributed by atoms with van der Waals surface area (Å²) in [6.45, 7) is 6.69. The molecule has 1 atom stereocenters. The molecule has 7 heavy (non-hydrogen) atoms. The smallest absolute Gasteiger partial charge is 0.223 e. The summed E-state index contributed by atoms with van der Waals surface area (Å²) >= 11 is 0. The van der Waals surface area contributed by atoms with Gasteiger partial charge in [0.2, 0.25) is 6.85 Å². The van der Waals surface area contributed by atoms with Gasteiger partial charge in [0, 0.05) is 0 Å². The van der Waals surface area contributed by atoms with Crippen molar-refractivity contribution in [1.82, 2.24) is 4.81 Å². The van der Waals surface area contributed by atoms with Gasteiger partial charge in [-0.25, -0.2) is 0 Å². The van der Waals surface area contributed by atoms with Crippen LogP contribution in [0.4, 0.5) is 0 Å². The lowest BCUT2D eigenvalue weighted by Gasteiger charge is -2.39. The van der Waals surface area contributed by atoms with Gasteiger partial charge >= 0.3 is 0 Å². The van der Waals surface area contributed by atoms with Crippen molar-refractivity contribution in [3.8, 4) is 0 Å². The van der Waals surface area contributed by atoms with E-state index in [4.69, 9.17) is 0 Å². The SMILES string of the molecule is CB1C(C)CN1C. The first-order valence-electron chi connectivity index (χ1n) is 2.92. The van der Waals surface area contributed by atoms with Crippen molar-refractivity contribution >= 4 is 6.85 Å². The third-order valence-electron chi connectivity index (χ3n) is 2.09. The maximum absolute atomic E-state index is 2.37. The molecule has 0 bridgehead atoms. The molecule has 0 N–H and O–H groups in total. The number of nitrogens with zero attached hydrogens (tertiary/aromatic N) is 1. The molecule has 1 saturated heterocycles. The molecule has 1 fully saturated rings. The zero-order valence-electron chi connectivity index (χ0n) is 5.31. The summed E-state index contributed by atoms with van der Waals surface area (Å²) in [5.74, 6) is 0.935. The van der Waals surface area contributed by atoms with Crippen LogP contribution < -0.4 is 0 Å². The minimum Gasteiger partial charge on any atom is -0.345 e. The van der Waals surface area contributed by atoms with Gasteiger partial charge in [-0.05, 0) is 19.4 Å². The van der Waals surface area contributed by atoms with E-state index in [1.54, 1.807) is 0 Å². The van der Waals surface area contributed by atoms with Crippen LogP contribution in [0.5, 0.6) is 0 Å². The van der Waals surface area contributed by atoms with Gasteiger partial charge in [0.1, 0.15) is 0 Å². The molecule has 0 amide bonds. The van der Waals surface area contributed by atoms with Crippen LogP contribution in [0.25, 0.3) is 0 Å². The van der Waals surface area contributed by atoms with Crippen LogP contribution in [-0.4, -0.2) is 25.3 Å². The molecule has 0 saturated carbocycles. The summed E-state index contributed by atoms with van der Waals surface area (Å²) in [7, 11) is 2.17. The Bertz CT molecular complexity index is 66.5. The van der Waals surface area contributed by atoms with Crippen LogP contribution >= 0.6 is 0 Å². The number of hydrogen-bond acceptors (Lipinski definition) is 1. The van der Waals surface area contributed by atoms with Crippen molar-refractivity contribution in [3.63, 3.8) is 0 Å². The van der Waals surface area contributed by atoms with Crippen molar-refractivity contribution in [1.29, 1.82) is 0 Å². The molecule has 1 aliphatic rings. The van der Waals surface area contributed by atoms with Crippen LogP contribution in [-0.2, 0) is 0 Å². The molecule has 2 heteroatoms. The van der Waals surface area contributed by atoms with Gasteiger partial charge in [-0.1, -0.05) is 13.7 Å². The third-order valence-corrected chi connectivity index (χ3v) is 2.09. The molecule has 0 aromatic carbocycles. The first-order chi connectivity index (χ1) is 3.22. The highest BCUT2D eigenvalue weighted by Gasteiger charge is 2.31. The van der Waals surface area contributed by atoms with Crippen molar-refractivity contribution in [2.75, 3.05) is 13.6 Å². The van der Waals surface area contributed by atoms with Crippen molar-refractivity contribution < 1.29 is 0 Å². The van der Waals surface area contributed by atoms with E-state index in [2.05, 4.69) is 25.6 Å². The highest BCUT2D eigenvalue weighted by molar-refractivity contribution is 6.58. The lowest BCUT2D eigenvalue weighted by molar-refractivity contribution is 0.427. The summed E-state index contributed by atoms with van der Waals surface area (Å²) < 4.78 is 0. The van der Waals surface area contributed by atoms with E-state index in [0.29, 0.717) is 0 Å². The van der Waals surface area contributed by atoms with E-state index >= 15 is 0 Å². The molecule has 0 aliphatic carbocycles. The Morgan fingerprint density at radius 2 is 2.29 bits per heavy atom. The molecule has 0 radical (unpaired) electrons. The molecule has 0 spiro atoms. The predicted octanol–water partition coefficient (Wildman–Crippen LogP) is 0.943. The van der Waals surface area contributed by atoms with Crippen molar-refractivity contribution in [3.05, 3.63) is 0 Å². The van der Waals surface area contributed by atoms with E-state index in [-0.39, 0.29) is 0 Å². The fourth-order valence-electron chi connectivity index (χ4n) is 1.07. The topological polar surface area (TPSA) is 3.24 Å². The Morgan fingerprint density at radius 3 is 2.29 bits per heavy atom. The largest absolute Gasteiger partial charge is 0.345 e. The monoisotopic (exact) mass is 97.1 g/mol. The van der Waals surface area contributed by atoms with Gasteiger partial charge in [-0.15, -0.1) is 0 Å². The molecule has 0 aromatic rings. The highest BCUT2D eigenvalue weighted by Crippen LogP contribution is 2.22. The Morgan fingerprint density at radius 1 is 1.71 bits per heavy atom. The highest BCUT2D eigenvalue weighted by atomic mass is 15.1. The Labute approximate surface area is 45.8 Å². The van der Waals surface area contributed by atoms with Crippen molar-refractivity contribution in [2.45, 2.75) is 19.6 Å². The van der Waals surface area contributed by atoms with Crippen LogP contribution in [0.2, 0.25) is 12.6 Å². The fraction of sp³-hybridized carbons (Fsp3) is 1.00. The van der Waals surface area contributed by atoms with Gasteiger partial charge in [0.15, 0.2) is 0 Å². The van der Waals surface area contributed by atoms with E-state index in [9.17, 15) is 0 Å². The van der Waals surface area contributed by atoms with Crippen LogP contribution in [0.15, 0.2) is 0 Å². The van der Waals surface area contributed by atoms with E-state index in [1.165, 1.54) is 6.54 Å². The minimum atomic E-state index is 0.833. The quantitative estimate of drug-likeness (QED) is 0.406. The van der Waals surface area contributed by atoms with Gasteiger partial charge in [-0.3, -0.25) is 0 Å². The van der Waals surface area contributed by atoms with Crippen LogP contribution in [0, 0.1) is 0 Å². The fourth-order valence-corrected chi connectivity index (χ4v) is 1.07. The van der Waals surface area contributed by atoms with Crippen molar-refractivity contribution in [2.24, 2.45) is 0 Å². The second-order valence-electron chi connectivity index (χ2n) is 2.66. The lowest BCUT2D eigenvalue weighted by atomic mass is 9.45. The Balaban J connectivity index is 2.29. The maximum Gasteiger partial charge on any atom is 0.223 e. The van der Waals surface area contributed by atoms with Gasteiger partial charge < -0.3 is 4.81 Å². The zero-order valence-corrected chi connectivity index (χ0v) is 5.31. The average molecular weight is 97.0 g/mol. The van der Waals surface area contributed by atoms with Gasteiger partial charge in [-0.2, -0.15) is 0 Å². The molecular formula is C5H12BN. The molecule has 1 rings (SSSR count). The third kappa shape index (κ3) is 0.675. The summed E-state index contributed by atoms with van der Waals surface area (Å²) in [6.07, 6.45) is 0. The number of rotatable bonds is 0. The molecular weight excluding hydrogens is 84.9 g/mol. The van der Waals surface area contributed by atoms with E-state index in [0.717, 1.165) is 12.7 Å². The Hall–Kier alpha value is 0.0249. The Kier molecular flexibility index (Phi) is 1.12. The van der Waals surface area contributed by atoms with Gasteiger partial charge in [0.05, 0.1) is 0 Å². The van der Waals surface area contributed by atoms with Crippen LogP contribution in [0.3, 0.4) is 0 Å². The molecule has 40 valence electrons. The standard InChI is InChI=1S/C5H12BN/c1-5-4-7(3)6(5)2/h5H,4H2,1-3H3. The first kappa shape index (κ1) is 5.17. The normalized spacial score (nSPS) is 33.0. The molecule has 1 nitrogen and oxygen atoms in total. The molecule has 1 heterocycles. The van der Waals surface area contributed by atoms with E-state index < -0.39 is 0 Å². The van der Waals surface area contributed by atoms with Gasteiger partial charge in [0.25, 0.3) is 0 Å². The summed E-state index contributed by atoms with van der Waals surface area (Å²) in [5.41, 5.74) is 0. The average Bonchev–Trinajstić information content (AvgIpc) is 1.68. The minimum absolute atomic E-state index is 0.833. The molecule has 0 aromatic heterocycles. The molecule has 1 unspecified atom stereocenters. The summed E-state index contributed by atoms with van der Waals surface area (Å²) in [4.78, 5) is 2.37. The number of hydrogen-bond donors (Lipinski definition) is 0. The second-order valence-corrected chi connectivity index (χ2v) is 2.66. The summed E-state index contributed by atoms with van der Waals surface area (Å²) in [6, 6.07) is 0. The zero-order chi connectivity index (χ0) is 5.44. The summed E-state index contributed by atoms with van der Waals surface area (Å²) in [5, 5.41) is 0. The molecule has 1 aliphatic heterocycles. The predicted molar refractivity (Wildman–Crippen MR) is 33.7 cm³/mol. The maximum atomic E-state index is 2.37. The van der Waals surface area contributed by atoms with E-state index in [1.807, 2.05) is 0 Å².